The number of aromatic nitrogens is 2. The maximum absolute atomic E-state index is 13.4. The van der Waals surface area contributed by atoms with Crippen molar-refractivity contribution >= 4 is 23.7 Å². The number of aromatic hydroxyl groups is 1. The Labute approximate surface area is 221 Å². The summed E-state index contributed by atoms with van der Waals surface area (Å²) in [5.41, 5.74) is 7.25. The molecule has 0 aliphatic carbocycles. The van der Waals surface area contributed by atoms with Crippen LogP contribution in [0.25, 0.3) is 0 Å². The van der Waals surface area contributed by atoms with Gasteiger partial charge in [0.25, 0.3) is 0 Å². The molecule has 5 unspecified atom stereocenters. The summed E-state index contributed by atoms with van der Waals surface area (Å²) in [5.74, 6) is -3.51. The van der Waals surface area contributed by atoms with E-state index in [-0.39, 0.29) is 24.5 Å². The van der Waals surface area contributed by atoms with Gasteiger partial charge in [-0.25, -0.2) is 9.78 Å². The highest BCUT2D eigenvalue weighted by molar-refractivity contribution is 5.94. The molecule has 0 saturated carbocycles. The van der Waals surface area contributed by atoms with Crippen molar-refractivity contribution in [2.45, 2.75) is 71.1 Å². The van der Waals surface area contributed by atoms with Gasteiger partial charge in [0.05, 0.1) is 12.4 Å². The zero-order valence-corrected chi connectivity index (χ0v) is 22.1. The van der Waals surface area contributed by atoms with E-state index in [2.05, 4.69) is 25.9 Å². The molecule has 3 amide bonds. The van der Waals surface area contributed by atoms with Gasteiger partial charge in [0.2, 0.25) is 17.7 Å². The van der Waals surface area contributed by atoms with Gasteiger partial charge in [0.15, 0.2) is 0 Å². The molecule has 1 aromatic heterocycles. The number of aromatic amines is 1. The molecule has 12 nitrogen and oxygen atoms in total. The normalized spacial score (nSPS) is 15.1. The van der Waals surface area contributed by atoms with Crippen molar-refractivity contribution in [3.63, 3.8) is 0 Å². The molecule has 208 valence electrons. The number of carbonyl (C=O) groups excluding carboxylic acids is 3. The van der Waals surface area contributed by atoms with E-state index in [0.29, 0.717) is 17.7 Å². The van der Waals surface area contributed by atoms with Gasteiger partial charge < -0.3 is 36.9 Å². The predicted molar refractivity (Wildman–Crippen MR) is 140 cm³/mol. The summed E-state index contributed by atoms with van der Waals surface area (Å²) in [6, 6.07) is 1.94. The Morgan fingerprint density at radius 3 is 2.11 bits per heavy atom. The quantitative estimate of drug-likeness (QED) is 0.183. The van der Waals surface area contributed by atoms with Crippen molar-refractivity contribution in [3.05, 3.63) is 48.0 Å². The lowest BCUT2D eigenvalue weighted by atomic mass is 9.97. The number of nitrogens with zero attached hydrogens (tertiary/aromatic N) is 1. The van der Waals surface area contributed by atoms with Gasteiger partial charge in [0, 0.05) is 24.7 Å². The van der Waals surface area contributed by atoms with Crippen LogP contribution in [0.4, 0.5) is 0 Å². The summed E-state index contributed by atoms with van der Waals surface area (Å²) < 4.78 is 0. The number of carbonyl (C=O) groups is 4. The molecular weight excluding hydrogens is 492 g/mol. The van der Waals surface area contributed by atoms with Crippen LogP contribution in [-0.4, -0.2) is 68.0 Å². The van der Waals surface area contributed by atoms with Crippen LogP contribution < -0.4 is 21.7 Å². The number of hydrogen-bond donors (Lipinski definition) is 7. The molecule has 2 aromatic rings. The first-order chi connectivity index (χ1) is 17.9. The van der Waals surface area contributed by atoms with Crippen molar-refractivity contribution in [2.75, 3.05) is 0 Å². The third-order valence-corrected chi connectivity index (χ3v) is 6.41. The summed E-state index contributed by atoms with van der Waals surface area (Å²) in [4.78, 5) is 57.7. The summed E-state index contributed by atoms with van der Waals surface area (Å²) in [7, 11) is 0. The number of hydrogen-bond acceptors (Lipinski definition) is 7. The number of carboxylic acid groups (broad SMARTS) is 1. The Kier molecular flexibility index (Phi) is 11.3. The number of carboxylic acids is 1. The standard InChI is InChI=1S/C26H38N6O6/c1-5-15(4)21(27)24(35)30-19(10-16-6-8-18(33)9-7-16)23(34)32-22(14(2)3)25(36)31-20(26(37)38)11-17-12-28-13-29-17/h6-9,12-15,19-22,33H,5,10-11,27H2,1-4H3,(H,28,29)(H,30,35)(H,31,36)(H,32,34)(H,37,38). The van der Waals surface area contributed by atoms with Gasteiger partial charge >= 0.3 is 5.97 Å². The van der Waals surface area contributed by atoms with E-state index in [9.17, 15) is 29.4 Å². The first-order valence-corrected chi connectivity index (χ1v) is 12.6. The van der Waals surface area contributed by atoms with Crippen molar-refractivity contribution in [2.24, 2.45) is 17.6 Å². The number of phenolic OH excluding ortho intramolecular Hbond substituents is 1. The van der Waals surface area contributed by atoms with Gasteiger partial charge in [0.1, 0.15) is 23.9 Å². The van der Waals surface area contributed by atoms with Crippen LogP contribution in [0.5, 0.6) is 5.75 Å². The van der Waals surface area contributed by atoms with E-state index < -0.39 is 53.8 Å². The molecule has 0 fully saturated rings. The number of rotatable bonds is 14. The molecule has 0 aliphatic rings. The van der Waals surface area contributed by atoms with Crippen LogP contribution in [0.2, 0.25) is 0 Å². The summed E-state index contributed by atoms with van der Waals surface area (Å²) in [5, 5.41) is 27.0. The zero-order valence-electron chi connectivity index (χ0n) is 22.1. The van der Waals surface area contributed by atoms with Gasteiger partial charge in [-0.1, -0.05) is 46.2 Å². The summed E-state index contributed by atoms with van der Waals surface area (Å²) in [6.45, 7) is 7.16. The Bertz CT molecular complexity index is 1070. The van der Waals surface area contributed by atoms with E-state index in [1.165, 1.54) is 24.7 Å². The topological polar surface area (TPSA) is 200 Å². The molecule has 0 radical (unpaired) electrons. The number of H-pyrrole nitrogens is 1. The molecule has 38 heavy (non-hydrogen) atoms. The Hall–Kier alpha value is -3.93. The molecule has 0 spiro atoms. The van der Waals surface area contributed by atoms with Gasteiger partial charge in [-0.2, -0.15) is 0 Å². The average molecular weight is 531 g/mol. The Morgan fingerprint density at radius 2 is 1.58 bits per heavy atom. The Morgan fingerprint density at radius 1 is 0.947 bits per heavy atom. The number of aliphatic carboxylic acids is 1. The highest BCUT2D eigenvalue weighted by Gasteiger charge is 2.32. The van der Waals surface area contributed by atoms with E-state index in [4.69, 9.17) is 5.73 Å². The minimum atomic E-state index is -1.25. The minimum Gasteiger partial charge on any atom is -0.508 e. The van der Waals surface area contributed by atoms with Gasteiger partial charge in [-0.15, -0.1) is 0 Å². The smallest absolute Gasteiger partial charge is 0.326 e. The first kappa shape index (κ1) is 30.3. The second-order valence-corrected chi connectivity index (χ2v) is 9.75. The average Bonchev–Trinajstić information content (AvgIpc) is 3.39. The SMILES string of the molecule is CCC(C)C(N)C(=O)NC(Cc1ccc(O)cc1)C(=O)NC(C(=O)NC(Cc1cnc[nH]1)C(=O)O)C(C)C. The number of phenols is 1. The molecule has 1 heterocycles. The summed E-state index contributed by atoms with van der Waals surface area (Å²) >= 11 is 0. The summed E-state index contributed by atoms with van der Waals surface area (Å²) in [6.07, 6.45) is 3.59. The lowest BCUT2D eigenvalue weighted by molar-refractivity contribution is -0.142. The molecule has 0 bridgehead atoms. The molecule has 8 N–H and O–H groups in total. The number of nitrogens with two attached hydrogens (primary N) is 1. The van der Waals surface area contributed by atoms with Crippen LogP contribution in [0.1, 0.15) is 45.4 Å². The van der Waals surface area contributed by atoms with E-state index in [0.717, 1.165) is 0 Å². The van der Waals surface area contributed by atoms with Crippen LogP contribution in [0, 0.1) is 11.8 Å². The number of benzene rings is 1. The van der Waals surface area contributed by atoms with E-state index in [1.54, 1.807) is 26.0 Å². The van der Waals surface area contributed by atoms with E-state index >= 15 is 0 Å². The third-order valence-electron chi connectivity index (χ3n) is 6.41. The lowest BCUT2D eigenvalue weighted by Crippen LogP contribution is -2.59. The number of imidazole rings is 1. The molecule has 0 aliphatic heterocycles. The third kappa shape index (κ3) is 8.87. The van der Waals surface area contributed by atoms with E-state index in [1.807, 2.05) is 13.8 Å². The molecule has 1 aromatic carbocycles. The molecule has 2 rings (SSSR count). The van der Waals surface area contributed by atoms with Crippen molar-refractivity contribution in [1.82, 2.24) is 25.9 Å². The Balaban J connectivity index is 2.21. The predicted octanol–water partition coefficient (Wildman–Crippen LogP) is 0.469. The fourth-order valence-corrected chi connectivity index (χ4v) is 3.72. The lowest BCUT2D eigenvalue weighted by Gasteiger charge is -2.27. The van der Waals surface area contributed by atoms with Crippen molar-refractivity contribution < 1.29 is 29.4 Å². The van der Waals surface area contributed by atoms with Crippen molar-refractivity contribution in [1.29, 1.82) is 0 Å². The van der Waals surface area contributed by atoms with Gasteiger partial charge in [-0.3, -0.25) is 14.4 Å². The van der Waals surface area contributed by atoms with Crippen LogP contribution in [-0.2, 0) is 32.0 Å². The minimum absolute atomic E-state index is 0.0210. The molecule has 0 saturated heterocycles. The highest BCUT2D eigenvalue weighted by Crippen LogP contribution is 2.13. The zero-order chi connectivity index (χ0) is 28.4. The number of nitrogens with one attached hydrogen (secondary N) is 4. The fourth-order valence-electron chi connectivity index (χ4n) is 3.72. The van der Waals surface area contributed by atoms with Crippen molar-refractivity contribution in [3.8, 4) is 5.75 Å². The molecule has 12 heteroatoms. The van der Waals surface area contributed by atoms with Crippen LogP contribution in [0.3, 0.4) is 0 Å². The molecule has 5 atom stereocenters. The fraction of sp³-hybridized carbons (Fsp3) is 0.500. The highest BCUT2D eigenvalue weighted by atomic mass is 16.4. The monoisotopic (exact) mass is 530 g/mol. The maximum Gasteiger partial charge on any atom is 0.326 e. The van der Waals surface area contributed by atoms with Crippen LogP contribution >= 0.6 is 0 Å². The second-order valence-electron chi connectivity index (χ2n) is 9.75. The molecular formula is C26H38N6O6. The van der Waals surface area contributed by atoms with Gasteiger partial charge in [-0.05, 0) is 29.5 Å². The van der Waals surface area contributed by atoms with Crippen LogP contribution in [0.15, 0.2) is 36.8 Å². The first-order valence-electron chi connectivity index (χ1n) is 12.6. The number of amides is 3. The largest absolute Gasteiger partial charge is 0.508 e. The maximum atomic E-state index is 13.4. The second kappa shape index (κ2) is 14.1.